The van der Waals surface area contributed by atoms with Gasteiger partial charge in [0.05, 0.1) is 12.5 Å². The Balaban J connectivity index is 1.60. The summed E-state index contributed by atoms with van der Waals surface area (Å²) in [6.45, 7) is 0.494. The summed E-state index contributed by atoms with van der Waals surface area (Å²) in [7, 11) is 0. The van der Waals surface area contributed by atoms with Gasteiger partial charge in [-0.3, -0.25) is 4.79 Å². The Morgan fingerprint density at radius 1 is 1.13 bits per heavy atom. The summed E-state index contributed by atoms with van der Waals surface area (Å²) in [6, 6.07) is 8.42. The van der Waals surface area contributed by atoms with Gasteiger partial charge in [0.2, 0.25) is 5.91 Å². The van der Waals surface area contributed by atoms with E-state index in [4.69, 9.17) is 4.74 Å². The molecule has 2 heterocycles. The number of amides is 2. The van der Waals surface area contributed by atoms with Crippen LogP contribution in [0.2, 0.25) is 0 Å². The van der Waals surface area contributed by atoms with Crippen LogP contribution in [0.4, 0.5) is 10.5 Å². The Labute approximate surface area is 136 Å². The van der Waals surface area contributed by atoms with Crippen LogP contribution in [0.3, 0.4) is 0 Å². The van der Waals surface area contributed by atoms with Gasteiger partial charge in [0, 0.05) is 18.2 Å². The maximum atomic E-state index is 13.1. The fourth-order valence-electron chi connectivity index (χ4n) is 4.19. The van der Waals surface area contributed by atoms with Crippen LogP contribution >= 0.6 is 0 Å². The molecule has 0 radical (unpaired) electrons. The van der Waals surface area contributed by atoms with Gasteiger partial charge in [0.25, 0.3) is 0 Å². The Kier molecular flexibility index (Phi) is 3.71. The first-order valence-electron chi connectivity index (χ1n) is 8.60. The number of nitrogens with zero attached hydrogens (tertiary/aromatic N) is 1. The van der Waals surface area contributed by atoms with E-state index in [-0.39, 0.29) is 24.0 Å². The lowest BCUT2D eigenvalue weighted by Crippen LogP contribution is -2.40. The van der Waals surface area contributed by atoms with E-state index >= 15 is 0 Å². The van der Waals surface area contributed by atoms with Crippen LogP contribution < -0.4 is 10.2 Å². The topological polar surface area (TPSA) is 58.6 Å². The number of nitrogens with one attached hydrogen (secondary N) is 1. The molecule has 2 amide bonds. The van der Waals surface area contributed by atoms with Gasteiger partial charge in [-0.1, -0.05) is 37.5 Å². The number of cyclic esters (lactones) is 1. The molecular formula is C18H22N2O3. The van der Waals surface area contributed by atoms with Crippen molar-refractivity contribution in [2.75, 3.05) is 11.4 Å². The highest BCUT2D eigenvalue weighted by atomic mass is 16.6. The average molecular weight is 314 g/mol. The molecule has 1 aliphatic carbocycles. The zero-order chi connectivity index (χ0) is 15.8. The van der Waals surface area contributed by atoms with Crippen molar-refractivity contribution in [2.24, 2.45) is 0 Å². The monoisotopic (exact) mass is 314 g/mol. The van der Waals surface area contributed by atoms with Crippen molar-refractivity contribution in [1.82, 2.24) is 5.32 Å². The quantitative estimate of drug-likeness (QED) is 0.933. The van der Waals surface area contributed by atoms with Gasteiger partial charge < -0.3 is 15.0 Å². The maximum Gasteiger partial charge on any atom is 0.407 e. The third-order valence-electron chi connectivity index (χ3n) is 5.29. The number of hydrogen-bond donors (Lipinski definition) is 1. The molecular weight excluding hydrogens is 292 g/mol. The van der Waals surface area contributed by atoms with Crippen molar-refractivity contribution in [3.63, 3.8) is 0 Å². The summed E-state index contributed by atoms with van der Waals surface area (Å²) in [4.78, 5) is 26.4. The number of carbonyl (C=O) groups excluding carboxylic acids is 2. The van der Waals surface area contributed by atoms with Crippen molar-refractivity contribution in [1.29, 1.82) is 0 Å². The molecule has 0 bridgehead atoms. The molecule has 2 aliphatic heterocycles. The zero-order valence-corrected chi connectivity index (χ0v) is 13.2. The number of para-hydroxylation sites is 1. The van der Waals surface area contributed by atoms with E-state index < -0.39 is 0 Å². The number of carbonyl (C=O) groups is 2. The van der Waals surface area contributed by atoms with Crippen LogP contribution in [0.15, 0.2) is 24.3 Å². The fraction of sp³-hybridized carbons (Fsp3) is 0.556. The van der Waals surface area contributed by atoms with Gasteiger partial charge in [-0.25, -0.2) is 4.79 Å². The molecule has 5 heteroatoms. The Bertz CT molecular complexity index is 624. The highest BCUT2D eigenvalue weighted by Crippen LogP contribution is 2.43. The second-order valence-corrected chi connectivity index (χ2v) is 6.76. The summed E-state index contributed by atoms with van der Waals surface area (Å²) < 4.78 is 5.25. The zero-order valence-electron chi connectivity index (χ0n) is 13.2. The first-order valence-corrected chi connectivity index (χ1v) is 8.60. The minimum Gasteiger partial charge on any atom is -0.444 e. The van der Waals surface area contributed by atoms with E-state index in [9.17, 15) is 9.59 Å². The normalized spacial score (nSPS) is 27.7. The third-order valence-corrected chi connectivity index (χ3v) is 5.29. The highest BCUT2D eigenvalue weighted by molar-refractivity contribution is 6.05. The molecule has 1 N–H and O–H groups in total. The fourth-order valence-corrected chi connectivity index (χ4v) is 4.19. The van der Waals surface area contributed by atoms with Crippen molar-refractivity contribution >= 4 is 17.7 Å². The van der Waals surface area contributed by atoms with E-state index in [1.807, 2.05) is 23.1 Å². The molecule has 4 rings (SSSR count). The van der Waals surface area contributed by atoms with E-state index in [1.165, 1.54) is 19.3 Å². The smallest absolute Gasteiger partial charge is 0.407 e. The number of benzene rings is 1. The predicted octanol–water partition coefficient (Wildman–Crippen LogP) is 2.95. The highest BCUT2D eigenvalue weighted by Gasteiger charge is 2.42. The molecule has 1 saturated heterocycles. The van der Waals surface area contributed by atoms with E-state index in [0.29, 0.717) is 19.0 Å². The van der Waals surface area contributed by atoms with Crippen LogP contribution in [0.25, 0.3) is 0 Å². The van der Waals surface area contributed by atoms with Crippen molar-refractivity contribution in [3.8, 4) is 0 Å². The molecule has 1 saturated carbocycles. The molecule has 2 fully saturated rings. The molecule has 2 atom stereocenters. The molecule has 2 unspecified atom stereocenters. The maximum absolute atomic E-state index is 13.1. The van der Waals surface area contributed by atoms with E-state index in [0.717, 1.165) is 24.1 Å². The van der Waals surface area contributed by atoms with Crippen LogP contribution in [-0.2, 0) is 9.53 Å². The van der Waals surface area contributed by atoms with Crippen LogP contribution in [0, 0.1) is 0 Å². The Hall–Kier alpha value is -2.04. The number of alkyl carbamates (subject to hydrolysis) is 1. The molecule has 23 heavy (non-hydrogen) atoms. The summed E-state index contributed by atoms with van der Waals surface area (Å²) in [5.74, 6) is -0.00752. The number of anilines is 1. The van der Waals surface area contributed by atoms with Gasteiger partial charge in [0.1, 0.15) is 6.10 Å². The first-order chi connectivity index (χ1) is 11.2. The van der Waals surface area contributed by atoms with E-state index in [2.05, 4.69) is 11.4 Å². The molecule has 1 aromatic rings. The number of rotatable bonds is 3. The van der Waals surface area contributed by atoms with Crippen LogP contribution in [0.1, 0.15) is 50.0 Å². The summed E-state index contributed by atoms with van der Waals surface area (Å²) in [5.41, 5.74) is 2.15. The van der Waals surface area contributed by atoms with Crippen molar-refractivity contribution in [2.45, 2.75) is 56.6 Å². The van der Waals surface area contributed by atoms with Crippen molar-refractivity contribution < 1.29 is 14.3 Å². The van der Waals surface area contributed by atoms with Crippen LogP contribution in [-0.4, -0.2) is 30.7 Å². The minimum atomic E-state index is -0.377. The van der Waals surface area contributed by atoms with Crippen molar-refractivity contribution in [3.05, 3.63) is 29.8 Å². The van der Waals surface area contributed by atoms with Gasteiger partial charge in [-0.15, -0.1) is 0 Å². The standard InChI is InChI=1S/C18H22N2O3/c21-17-15(10-13-11-19-18(22)23-13)14-8-4-5-9-16(14)20(17)12-6-2-1-3-7-12/h4-5,8-9,12-13,15H,1-3,6-7,10-11H2,(H,19,22). The average Bonchev–Trinajstić information content (AvgIpc) is 3.11. The molecule has 122 valence electrons. The lowest BCUT2D eigenvalue weighted by molar-refractivity contribution is -0.120. The van der Waals surface area contributed by atoms with Gasteiger partial charge in [0.15, 0.2) is 0 Å². The molecule has 3 aliphatic rings. The van der Waals surface area contributed by atoms with Gasteiger partial charge in [-0.2, -0.15) is 0 Å². The van der Waals surface area contributed by atoms with E-state index in [1.54, 1.807) is 0 Å². The minimum absolute atomic E-state index is 0.182. The Morgan fingerprint density at radius 3 is 2.65 bits per heavy atom. The number of ether oxygens (including phenoxy) is 1. The second kappa shape index (κ2) is 5.87. The number of fused-ring (bicyclic) bond motifs is 1. The first kappa shape index (κ1) is 14.5. The molecule has 0 aromatic heterocycles. The van der Waals surface area contributed by atoms with Gasteiger partial charge in [-0.05, 0) is 24.5 Å². The molecule has 0 spiro atoms. The lowest BCUT2D eigenvalue weighted by atomic mass is 9.93. The Morgan fingerprint density at radius 2 is 1.91 bits per heavy atom. The largest absolute Gasteiger partial charge is 0.444 e. The second-order valence-electron chi connectivity index (χ2n) is 6.76. The number of hydrogen-bond acceptors (Lipinski definition) is 3. The van der Waals surface area contributed by atoms with Gasteiger partial charge >= 0.3 is 6.09 Å². The molecule has 1 aromatic carbocycles. The molecule has 5 nitrogen and oxygen atoms in total. The summed E-state index contributed by atoms with van der Waals surface area (Å²) in [5, 5.41) is 2.67. The van der Waals surface area contributed by atoms with Crippen LogP contribution in [0.5, 0.6) is 0 Å². The third kappa shape index (κ3) is 2.58. The SMILES string of the molecule is O=C1NCC(CC2C(=O)N(C3CCCCC3)c3ccccc32)O1. The summed E-state index contributed by atoms with van der Waals surface area (Å²) >= 11 is 0. The summed E-state index contributed by atoms with van der Waals surface area (Å²) in [6.07, 6.45) is 5.83. The predicted molar refractivity (Wildman–Crippen MR) is 86.4 cm³/mol. The lowest BCUT2D eigenvalue weighted by Gasteiger charge is -2.32.